The largest absolute Gasteiger partial charge is 0.459 e. The summed E-state index contributed by atoms with van der Waals surface area (Å²) in [5.74, 6) is 1.79. The number of benzene rings is 2. The van der Waals surface area contributed by atoms with E-state index in [1.54, 1.807) is 0 Å². The van der Waals surface area contributed by atoms with Gasteiger partial charge >= 0.3 is 0 Å². The van der Waals surface area contributed by atoms with Crippen molar-refractivity contribution in [3.8, 4) is 11.3 Å². The van der Waals surface area contributed by atoms with Gasteiger partial charge in [-0.2, -0.15) is 0 Å². The van der Waals surface area contributed by atoms with E-state index in [9.17, 15) is 0 Å². The Bertz CT molecular complexity index is 854. The maximum absolute atomic E-state index is 6.52. The molecule has 3 nitrogen and oxygen atoms in total. The lowest BCUT2D eigenvalue weighted by molar-refractivity contribution is 0.531. The molecular weight excluding hydrogens is 344 g/mol. The van der Waals surface area contributed by atoms with E-state index in [0.717, 1.165) is 46.6 Å². The van der Waals surface area contributed by atoms with Gasteiger partial charge in [0.2, 0.25) is 0 Å². The van der Waals surface area contributed by atoms with Gasteiger partial charge in [0.25, 0.3) is 0 Å². The van der Waals surface area contributed by atoms with Crippen molar-refractivity contribution >= 4 is 23.0 Å². The van der Waals surface area contributed by atoms with Crippen LogP contribution in [0.2, 0.25) is 5.02 Å². The Labute approximate surface area is 159 Å². The van der Waals surface area contributed by atoms with Crippen LogP contribution in [0.3, 0.4) is 0 Å². The predicted octanol–water partition coefficient (Wildman–Crippen LogP) is 6.20. The molecule has 134 valence electrons. The standard InChI is InChI=1S/C22H23ClN2O/c23-20-15-18(9-11-21(20)25-13-5-2-6-14-25)24-16-19-10-12-22(26-19)17-7-3-1-4-8-17/h1,3-4,7-12,15,24H,2,5-6,13-14,16H2. The van der Waals surface area contributed by atoms with Gasteiger partial charge in [0.05, 0.1) is 17.3 Å². The summed E-state index contributed by atoms with van der Waals surface area (Å²) in [5.41, 5.74) is 3.24. The van der Waals surface area contributed by atoms with Crippen LogP contribution in [0.5, 0.6) is 0 Å². The Morgan fingerprint density at radius 3 is 2.50 bits per heavy atom. The highest BCUT2D eigenvalue weighted by atomic mass is 35.5. The number of furan rings is 1. The third kappa shape index (κ3) is 3.88. The molecule has 1 aliphatic heterocycles. The smallest absolute Gasteiger partial charge is 0.134 e. The first-order chi connectivity index (χ1) is 12.8. The van der Waals surface area contributed by atoms with Gasteiger partial charge in [-0.25, -0.2) is 0 Å². The van der Waals surface area contributed by atoms with E-state index in [-0.39, 0.29) is 0 Å². The van der Waals surface area contributed by atoms with Crippen molar-refractivity contribution in [1.82, 2.24) is 0 Å². The monoisotopic (exact) mass is 366 g/mol. The molecule has 4 rings (SSSR count). The molecule has 0 spiro atoms. The SMILES string of the molecule is Clc1cc(NCc2ccc(-c3ccccc3)o2)ccc1N1CCCCC1. The van der Waals surface area contributed by atoms with Gasteiger partial charge in [-0.1, -0.05) is 41.9 Å². The van der Waals surface area contributed by atoms with Crippen LogP contribution in [-0.2, 0) is 6.54 Å². The van der Waals surface area contributed by atoms with Crippen molar-refractivity contribution < 1.29 is 4.42 Å². The van der Waals surface area contributed by atoms with Crippen LogP contribution < -0.4 is 10.2 Å². The number of nitrogens with zero attached hydrogens (tertiary/aromatic N) is 1. The zero-order valence-corrected chi connectivity index (χ0v) is 15.5. The van der Waals surface area contributed by atoms with E-state index in [1.807, 2.05) is 36.4 Å². The van der Waals surface area contributed by atoms with Crippen molar-refractivity contribution in [3.63, 3.8) is 0 Å². The molecule has 0 radical (unpaired) electrons. The van der Waals surface area contributed by atoms with Gasteiger partial charge in [-0.15, -0.1) is 0 Å². The first-order valence-corrected chi connectivity index (χ1v) is 9.60. The van der Waals surface area contributed by atoms with E-state index in [1.165, 1.54) is 19.3 Å². The van der Waals surface area contributed by atoms with Gasteiger partial charge in [0.15, 0.2) is 0 Å². The lowest BCUT2D eigenvalue weighted by Crippen LogP contribution is -2.29. The fourth-order valence-electron chi connectivity index (χ4n) is 3.43. The minimum absolute atomic E-state index is 0.631. The molecule has 0 amide bonds. The van der Waals surface area contributed by atoms with E-state index in [2.05, 4.69) is 34.5 Å². The van der Waals surface area contributed by atoms with Crippen molar-refractivity contribution in [2.75, 3.05) is 23.3 Å². The minimum atomic E-state index is 0.631. The number of hydrogen-bond donors (Lipinski definition) is 1. The summed E-state index contributed by atoms with van der Waals surface area (Å²) in [5, 5.41) is 4.21. The van der Waals surface area contributed by atoms with Crippen LogP contribution >= 0.6 is 11.6 Å². The molecular formula is C22H23ClN2O. The van der Waals surface area contributed by atoms with Crippen molar-refractivity contribution in [2.24, 2.45) is 0 Å². The molecule has 0 bridgehead atoms. The van der Waals surface area contributed by atoms with Crippen LogP contribution in [0.25, 0.3) is 11.3 Å². The van der Waals surface area contributed by atoms with Crippen molar-refractivity contribution in [3.05, 3.63) is 71.4 Å². The summed E-state index contributed by atoms with van der Waals surface area (Å²) in [6, 6.07) is 20.4. The molecule has 2 aromatic carbocycles. The molecule has 4 heteroatoms. The maximum atomic E-state index is 6.52. The summed E-state index contributed by atoms with van der Waals surface area (Å²) in [6.07, 6.45) is 3.82. The maximum Gasteiger partial charge on any atom is 0.134 e. The Morgan fingerprint density at radius 2 is 1.73 bits per heavy atom. The van der Waals surface area contributed by atoms with Gasteiger partial charge in [0.1, 0.15) is 11.5 Å². The van der Waals surface area contributed by atoms with Crippen LogP contribution in [-0.4, -0.2) is 13.1 Å². The van der Waals surface area contributed by atoms with E-state index >= 15 is 0 Å². The summed E-state index contributed by atoms with van der Waals surface area (Å²) >= 11 is 6.52. The van der Waals surface area contributed by atoms with Gasteiger partial charge in [-0.3, -0.25) is 0 Å². The molecule has 0 unspecified atom stereocenters. The van der Waals surface area contributed by atoms with Crippen LogP contribution in [0.15, 0.2) is 65.1 Å². The lowest BCUT2D eigenvalue weighted by atomic mass is 10.1. The quantitative estimate of drug-likeness (QED) is 0.582. The lowest BCUT2D eigenvalue weighted by Gasteiger charge is -2.29. The van der Waals surface area contributed by atoms with E-state index < -0.39 is 0 Å². The first kappa shape index (κ1) is 17.0. The second kappa shape index (κ2) is 7.88. The molecule has 2 heterocycles. The number of nitrogens with one attached hydrogen (secondary N) is 1. The highest BCUT2D eigenvalue weighted by Crippen LogP contribution is 2.31. The summed E-state index contributed by atoms with van der Waals surface area (Å²) in [6.45, 7) is 2.83. The molecule has 3 aromatic rings. The molecule has 1 fully saturated rings. The first-order valence-electron chi connectivity index (χ1n) is 9.22. The summed E-state index contributed by atoms with van der Waals surface area (Å²) in [7, 11) is 0. The van der Waals surface area contributed by atoms with Crippen LogP contribution in [0.4, 0.5) is 11.4 Å². The predicted molar refractivity (Wildman–Crippen MR) is 109 cm³/mol. The topological polar surface area (TPSA) is 28.4 Å². The number of halogens is 1. The molecule has 1 N–H and O–H groups in total. The molecule has 1 aromatic heterocycles. The van der Waals surface area contributed by atoms with Gasteiger partial charge in [0, 0.05) is 24.3 Å². The normalized spacial score (nSPS) is 14.4. The van der Waals surface area contributed by atoms with Crippen LogP contribution in [0, 0.1) is 0 Å². The fraction of sp³-hybridized carbons (Fsp3) is 0.273. The third-order valence-corrected chi connectivity index (χ3v) is 5.13. The second-order valence-corrected chi connectivity index (χ2v) is 7.11. The molecule has 26 heavy (non-hydrogen) atoms. The Balaban J connectivity index is 1.40. The Kier molecular flexibility index (Phi) is 5.16. The molecule has 0 saturated carbocycles. The molecule has 0 aliphatic carbocycles. The van der Waals surface area contributed by atoms with Gasteiger partial charge in [-0.05, 0) is 49.6 Å². The Hall–Kier alpha value is -2.39. The average molecular weight is 367 g/mol. The highest BCUT2D eigenvalue weighted by molar-refractivity contribution is 6.33. The summed E-state index contributed by atoms with van der Waals surface area (Å²) < 4.78 is 5.94. The number of hydrogen-bond acceptors (Lipinski definition) is 3. The van der Waals surface area contributed by atoms with E-state index in [0.29, 0.717) is 6.54 Å². The van der Waals surface area contributed by atoms with Crippen molar-refractivity contribution in [1.29, 1.82) is 0 Å². The third-order valence-electron chi connectivity index (χ3n) is 4.83. The van der Waals surface area contributed by atoms with E-state index in [4.69, 9.17) is 16.0 Å². The number of anilines is 2. The highest BCUT2D eigenvalue weighted by Gasteiger charge is 2.14. The molecule has 1 saturated heterocycles. The second-order valence-electron chi connectivity index (χ2n) is 6.70. The molecule has 1 aliphatic rings. The number of piperidine rings is 1. The zero-order valence-electron chi connectivity index (χ0n) is 14.7. The minimum Gasteiger partial charge on any atom is -0.459 e. The average Bonchev–Trinajstić information content (AvgIpc) is 3.17. The van der Waals surface area contributed by atoms with Gasteiger partial charge < -0.3 is 14.6 Å². The zero-order chi connectivity index (χ0) is 17.8. The van der Waals surface area contributed by atoms with Crippen molar-refractivity contribution in [2.45, 2.75) is 25.8 Å². The summed E-state index contributed by atoms with van der Waals surface area (Å²) in [4.78, 5) is 2.38. The fourth-order valence-corrected chi connectivity index (χ4v) is 3.73. The Morgan fingerprint density at radius 1 is 0.923 bits per heavy atom. The number of rotatable bonds is 5. The van der Waals surface area contributed by atoms with Crippen LogP contribution in [0.1, 0.15) is 25.0 Å². The molecule has 0 atom stereocenters.